The van der Waals surface area contributed by atoms with Crippen LogP contribution < -0.4 is 0 Å². The molecule has 0 aromatic heterocycles. The molecule has 1 aromatic carbocycles. The van der Waals surface area contributed by atoms with Crippen molar-refractivity contribution in [2.45, 2.75) is 11.8 Å². The second kappa shape index (κ2) is 2.65. The van der Waals surface area contributed by atoms with E-state index in [4.69, 9.17) is 0 Å². The highest BCUT2D eigenvalue weighted by Gasteiger charge is 2.48. The summed E-state index contributed by atoms with van der Waals surface area (Å²) in [5.74, 6) is 2.74. The molecule has 0 spiro atoms. The second-order valence-electron chi connectivity index (χ2n) is 4.72. The van der Waals surface area contributed by atoms with Crippen molar-refractivity contribution in [1.29, 1.82) is 0 Å². The molecule has 1 heteroatoms. The van der Waals surface area contributed by atoms with Crippen LogP contribution in [-0.2, 0) is 0 Å². The van der Waals surface area contributed by atoms with Gasteiger partial charge in [0.25, 0.3) is 0 Å². The summed E-state index contributed by atoms with van der Waals surface area (Å²) in [5, 5.41) is 0. The van der Waals surface area contributed by atoms with Crippen LogP contribution in [0.2, 0.25) is 0 Å². The molecule has 0 radical (unpaired) electrons. The van der Waals surface area contributed by atoms with Crippen molar-refractivity contribution in [2.24, 2.45) is 11.8 Å². The van der Waals surface area contributed by atoms with Crippen LogP contribution in [0.3, 0.4) is 0 Å². The van der Waals surface area contributed by atoms with E-state index in [1.807, 2.05) is 0 Å². The Bertz CT molecular complexity index is 498. The lowest BCUT2D eigenvalue weighted by atomic mass is 9.55. The van der Waals surface area contributed by atoms with Crippen LogP contribution in [-0.4, -0.2) is 0 Å². The molecule has 0 unspecified atom stereocenters. The third-order valence-corrected chi connectivity index (χ3v) is 4.92. The van der Waals surface area contributed by atoms with E-state index in [0.29, 0.717) is 11.8 Å². The second-order valence-corrected chi connectivity index (χ2v) is 5.64. The van der Waals surface area contributed by atoms with Gasteiger partial charge in [0.2, 0.25) is 0 Å². The molecule has 0 fully saturated rings. The number of benzene rings is 1. The maximum Gasteiger partial charge on any atom is 0.0101 e. The minimum atomic E-state index is 0.621. The van der Waals surface area contributed by atoms with Gasteiger partial charge in [0.05, 0.1) is 0 Å². The van der Waals surface area contributed by atoms with Gasteiger partial charge in [0.1, 0.15) is 0 Å². The monoisotopic (exact) mass is 258 g/mol. The Morgan fingerprint density at radius 2 is 1.60 bits per heavy atom. The number of hydrogen-bond donors (Lipinski definition) is 0. The summed E-state index contributed by atoms with van der Waals surface area (Å²) in [5.41, 5.74) is 3.11. The Morgan fingerprint density at radius 3 is 2.33 bits per heavy atom. The number of halogens is 1. The minimum absolute atomic E-state index is 0.621. The lowest BCUT2D eigenvalue weighted by Crippen LogP contribution is -2.39. The van der Waals surface area contributed by atoms with E-state index in [1.54, 1.807) is 11.1 Å². The van der Waals surface area contributed by atoms with Gasteiger partial charge in [-0.05, 0) is 21.5 Å². The van der Waals surface area contributed by atoms with Crippen molar-refractivity contribution >= 4 is 15.9 Å². The predicted molar refractivity (Wildman–Crippen MR) is 65.1 cm³/mol. The largest absolute Gasteiger partial charge is 0.0797 e. The fourth-order valence-electron chi connectivity index (χ4n) is 3.42. The first-order valence-corrected chi connectivity index (χ1v) is 6.30. The molecule has 0 saturated carbocycles. The molecule has 0 amide bonds. The first-order chi connectivity index (χ1) is 7.36. The van der Waals surface area contributed by atoms with Crippen LogP contribution in [0.5, 0.6) is 0 Å². The zero-order valence-electron chi connectivity index (χ0n) is 8.23. The highest BCUT2D eigenvalue weighted by atomic mass is 79.9. The Balaban J connectivity index is 1.96. The molecule has 0 heterocycles. The van der Waals surface area contributed by atoms with Crippen LogP contribution in [0, 0.1) is 11.8 Å². The smallest absolute Gasteiger partial charge is 0.0101 e. The van der Waals surface area contributed by atoms with E-state index in [0.717, 1.165) is 11.8 Å². The fourth-order valence-corrected chi connectivity index (χ4v) is 4.31. The molecule has 4 aliphatic carbocycles. The van der Waals surface area contributed by atoms with Crippen molar-refractivity contribution in [1.82, 2.24) is 0 Å². The highest BCUT2D eigenvalue weighted by molar-refractivity contribution is 9.11. The average molecular weight is 259 g/mol. The van der Waals surface area contributed by atoms with E-state index < -0.39 is 0 Å². The quantitative estimate of drug-likeness (QED) is 0.618. The Morgan fingerprint density at radius 1 is 0.933 bits per heavy atom. The van der Waals surface area contributed by atoms with Crippen molar-refractivity contribution in [3.05, 3.63) is 58.1 Å². The lowest BCUT2D eigenvalue weighted by Gasteiger charge is -2.50. The molecular formula is C14H11Br. The molecule has 2 bridgehead atoms. The Hall–Kier alpha value is -0.820. The van der Waals surface area contributed by atoms with E-state index in [9.17, 15) is 0 Å². The van der Waals surface area contributed by atoms with Gasteiger partial charge in [0.15, 0.2) is 0 Å². The summed E-state index contributed by atoms with van der Waals surface area (Å²) in [6.07, 6.45) is 7.20. The summed E-state index contributed by atoms with van der Waals surface area (Å²) in [6, 6.07) is 8.93. The van der Waals surface area contributed by atoms with Gasteiger partial charge in [-0.3, -0.25) is 0 Å². The van der Waals surface area contributed by atoms with Crippen LogP contribution >= 0.6 is 15.9 Å². The van der Waals surface area contributed by atoms with Gasteiger partial charge in [0, 0.05) is 17.8 Å². The molecule has 74 valence electrons. The molecule has 0 saturated heterocycles. The van der Waals surface area contributed by atoms with Crippen molar-refractivity contribution < 1.29 is 0 Å². The third kappa shape index (κ3) is 0.884. The van der Waals surface area contributed by atoms with Crippen molar-refractivity contribution in [3.8, 4) is 0 Å². The van der Waals surface area contributed by atoms with Crippen LogP contribution in [0.25, 0.3) is 0 Å². The van der Waals surface area contributed by atoms with Crippen molar-refractivity contribution in [2.75, 3.05) is 0 Å². The fraction of sp³-hybridized carbons (Fsp3) is 0.286. The first-order valence-electron chi connectivity index (χ1n) is 5.50. The molecule has 15 heavy (non-hydrogen) atoms. The zero-order valence-corrected chi connectivity index (χ0v) is 9.81. The normalized spacial score (nSPS) is 39.1. The number of hydrogen-bond acceptors (Lipinski definition) is 0. The summed E-state index contributed by atoms with van der Waals surface area (Å²) in [6.45, 7) is 0. The van der Waals surface area contributed by atoms with Gasteiger partial charge in [-0.25, -0.2) is 0 Å². The molecule has 0 aliphatic heterocycles. The molecule has 0 N–H and O–H groups in total. The molecule has 5 rings (SSSR count). The predicted octanol–water partition coefficient (Wildman–Crippen LogP) is 3.96. The third-order valence-electron chi connectivity index (χ3n) is 4.13. The lowest BCUT2D eigenvalue weighted by molar-refractivity contribution is 0.312. The van der Waals surface area contributed by atoms with Crippen LogP contribution in [0.1, 0.15) is 23.0 Å². The maximum absolute atomic E-state index is 3.68. The molecule has 1 aromatic rings. The number of rotatable bonds is 0. The average Bonchev–Trinajstić information content (AvgIpc) is 2.27. The standard InChI is InChI=1S/C14H11Br/c15-13-7-12-10-5-6-11(14(12)13)9-4-2-1-3-8(9)10/h1-7,10-12,14H/t10-,11-,12+,14+/m0/s1. The molecule has 0 nitrogen and oxygen atoms in total. The van der Waals surface area contributed by atoms with Crippen LogP contribution in [0.15, 0.2) is 47.0 Å². The van der Waals surface area contributed by atoms with Gasteiger partial charge in [-0.15, -0.1) is 0 Å². The maximum atomic E-state index is 3.68. The zero-order chi connectivity index (χ0) is 9.99. The topological polar surface area (TPSA) is 0 Å². The molecule has 4 aliphatic rings. The Kier molecular flexibility index (Phi) is 1.47. The van der Waals surface area contributed by atoms with Crippen molar-refractivity contribution in [3.63, 3.8) is 0 Å². The van der Waals surface area contributed by atoms with E-state index in [1.165, 1.54) is 4.48 Å². The summed E-state index contributed by atoms with van der Waals surface area (Å²) in [4.78, 5) is 0. The highest BCUT2D eigenvalue weighted by Crippen LogP contribution is 2.60. The van der Waals surface area contributed by atoms with Crippen LogP contribution in [0.4, 0.5) is 0 Å². The Labute approximate surface area is 97.8 Å². The van der Waals surface area contributed by atoms with E-state index >= 15 is 0 Å². The molecular weight excluding hydrogens is 248 g/mol. The SMILES string of the molecule is BrC1=C[C@H]2[C@H]1[C@H]1C=C[C@H]2c2ccccc21. The first kappa shape index (κ1) is 8.35. The van der Waals surface area contributed by atoms with E-state index in [2.05, 4.69) is 58.4 Å². The number of allylic oxidation sites excluding steroid dienone is 4. The van der Waals surface area contributed by atoms with Gasteiger partial charge < -0.3 is 0 Å². The van der Waals surface area contributed by atoms with Gasteiger partial charge in [-0.1, -0.05) is 58.4 Å². The summed E-state index contributed by atoms with van der Waals surface area (Å²) < 4.78 is 1.42. The minimum Gasteiger partial charge on any atom is -0.0797 e. The molecule has 4 atom stereocenters. The summed E-state index contributed by atoms with van der Waals surface area (Å²) >= 11 is 3.68. The van der Waals surface area contributed by atoms with Gasteiger partial charge in [-0.2, -0.15) is 0 Å². The summed E-state index contributed by atoms with van der Waals surface area (Å²) in [7, 11) is 0. The van der Waals surface area contributed by atoms with Gasteiger partial charge >= 0.3 is 0 Å². The van der Waals surface area contributed by atoms with E-state index in [-0.39, 0.29) is 0 Å².